The summed E-state index contributed by atoms with van der Waals surface area (Å²) in [5.74, 6) is 2.72. The van der Waals surface area contributed by atoms with Crippen LogP contribution in [0.4, 0.5) is 0 Å². The molecule has 2 aliphatic rings. The molecule has 0 spiro atoms. The first-order valence-corrected chi connectivity index (χ1v) is 4.91. The minimum absolute atomic E-state index is 0.252. The molecule has 2 saturated carbocycles. The normalized spacial score (nSPS) is 45.5. The standard InChI is InChI=1S/C10H19N/c1-7(9-3-4-9)5-10(11)6-8(10)2/h7-9H,3-6,11H2,1-2H3/t7?,8-,10?/m1/s1. The monoisotopic (exact) mass is 153 g/mol. The number of rotatable bonds is 3. The van der Waals surface area contributed by atoms with Crippen LogP contribution in [0.15, 0.2) is 0 Å². The average Bonchev–Trinajstić information content (AvgIpc) is 2.71. The Bertz CT molecular complexity index is 162. The van der Waals surface area contributed by atoms with E-state index in [9.17, 15) is 0 Å². The van der Waals surface area contributed by atoms with Gasteiger partial charge in [-0.3, -0.25) is 0 Å². The van der Waals surface area contributed by atoms with E-state index in [1.54, 1.807) is 0 Å². The van der Waals surface area contributed by atoms with Gasteiger partial charge in [-0.2, -0.15) is 0 Å². The van der Waals surface area contributed by atoms with Gasteiger partial charge in [-0.05, 0) is 43.4 Å². The van der Waals surface area contributed by atoms with Gasteiger partial charge >= 0.3 is 0 Å². The Hall–Kier alpha value is -0.0400. The molecule has 3 atom stereocenters. The Labute approximate surface area is 69.4 Å². The Morgan fingerprint density at radius 2 is 2.09 bits per heavy atom. The topological polar surface area (TPSA) is 26.0 Å². The third-order valence-electron chi connectivity index (χ3n) is 3.64. The Kier molecular flexibility index (Phi) is 1.54. The zero-order valence-corrected chi connectivity index (χ0v) is 7.64. The highest BCUT2D eigenvalue weighted by molar-refractivity contribution is 5.06. The van der Waals surface area contributed by atoms with Crippen LogP contribution in [0.3, 0.4) is 0 Å². The molecule has 0 aromatic carbocycles. The smallest absolute Gasteiger partial charge is 0.0186 e. The second-order valence-corrected chi connectivity index (χ2v) is 4.86. The molecule has 1 nitrogen and oxygen atoms in total. The van der Waals surface area contributed by atoms with Gasteiger partial charge in [0, 0.05) is 5.54 Å². The van der Waals surface area contributed by atoms with Crippen LogP contribution < -0.4 is 5.73 Å². The quantitative estimate of drug-likeness (QED) is 0.660. The van der Waals surface area contributed by atoms with Crippen molar-refractivity contribution in [2.45, 2.75) is 45.1 Å². The van der Waals surface area contributed by atoms with E-state index in [4.69, 9.17) is 5.73 Å². The van der Waals surface area contributed by atoms with Gasteiger partial charge in [0.25, 0.3) is 0 Å². The van der Waals surface area contributed by atoms with Crippen LogP contribution in [0.25, 0.3) is 0 Å². The van der Waals surface area contributed by atoms with Crippen molar-refractivity contribution in [1.82, 2.24) is 0 Å². The lowest BCUT2D eigenvalue weighted by atomic mass is 9.95. The summed E-state index contributed by atoms with van der Waals surface area (Å²) in [6.45, 7) is 4.65. The fourth-order valence-electron chi connectivity index (χ4n) is 2.23. The fraction of sp³-hybridized carbons (Fsp3) is 1.00. The van der Waals surface area contributed by atoms with E-state index >= 15 is 0 Å². The molecule has 0 aromatic rings. The number of nitrogens with two attached hydrogens (primary N) is 1. The lowest BCUT2D eigenvalue weighted by Gasteiger charge is -2.16. The molecule has 2 aliphatic carbocycles. The van der Waals surface area contributed by atoms with E-state index in [2.05, 4.69) is 13.8 Å². The highest BCUT2D eigenvalue weighted by Crippen LogP contribution is 2.49. The van der Waals surface area contributed by atoms with E-state index in [0.717, 1.165) is 17.8 Å². The molecule has 0 aromatic heterocycles. The largest absolute Gasteiger partial charge is 0.325 e. The molecule has 2 N–H and O–H groups in total. The van der Waals surface area contributed by atoms with Crippen LogP contribution in [-0.4, -0.2) is 5.54 Å². The van der Waals surface area contributed by atoms with Crippen LogP contribution in [0.5, 0.6) is 0 Å². The SMILES string of the molecule is CC(CC1(N)C[C@H]1C)C1CC1. The molecule has 0 aliphatic heterocycles. The maximum Gasteiger partial charge on any atom is 0.0186 e. The number of hydrogen-bond acceptors (Lipinski definition) is 1. The summed E-state index contributed by atoms with van der Waals surface area (Å²) in [6, 6.07) is 0. The average molecular weight is 153 g/mol. The molecule has 2 unspecified atom stereocenters. The molecule has 0 amide bonds. The summed E-state index contributed by atoms with van der Waals surface area (Å²) in [7, 11) is 0. The third-order valence-corrected chi connectivity index (χ3v) is 3.64. The van der Waals surface area contributed by atoms with Gasteiger partial charge < -0.3 is 5.73 Å². The van der Waals surface area contributed by atoms with Crippen molar-refractivity contribution in [2.75, 3.05) is 0 Å². The van der Waals surface area contributed by atoms with Crippen molar-refractivity contribution in [3.8, 4) is 0 Å². The van der Waals surface area contributed by atoms with E-state index in [1.165, 1.54) is 25.7 Å². The summed E-state index contributed by atoms with van der Waals surface area (Å²) < 4.78 is 0. The molecule has 11 heavy (non-hydrogen) atoms. The van der Waals surface area contributed by atoms with Crippen molar-refractivity contribution < 1.29 is 0 Å². The molecule has 0 saturated heterocycles. The Morgan fingerprint density at radius 3 is 2.45 bits per heavy atom. The van der Waals surface area contributed by atoms with Gasteiger partial charge in [0.2, 0.25) is 0 Å². The van der Waals surface area contributed by atoms with Crippen molar-refractivity contribution in [2.24, 2.45) is 23.5 Å². The molecule has 0 bridgehead atoms. The van der Waals surface area contributed by atoms with Gasteiger partial charge in [-0.25, -0.2) is 0 Å². The minimum atomic E-state index is 0.252. The molecule has 2 rings (SSSR count). The van der Waals surface area contributed by atoms with Gasteiger partial charge in [-0.15, -0.1) is 0 Å². The van der Waals surface area contributed by atoms with Gasteiger partial charge in [0.1, 0.15) is 0 Å². The summed E-state index contributed by atoms with van der Waals surface area (Å²) >= 11 is 0. The van der Waals surface area contributed by atoms with Gasteiger partial charge in [0.05, 0.1) is 0 Å². The molecular formula is C10H19N. The van der Waals surface area contributed by atoms with Crippen molar-refractivity contribution in [3.63, 3.8) is 0 Å². The first-order valence-electron chi connectivity index (χ1n) is 4.91. The van der Waals surface area contributed by atoms with Crippen molar-refractivity contribution in [3.05, 3.63) is 0 Å². The van der Waals surface area contributed by atoms with Crippen LogP contribution in [-0.2, 0) is 0 Å². The summed E-state index contributed by atoms with van der Waals surface area (Å²) in [6.07, 6.45) is 5.47. The van der Waals surface area contributed by atoms with Crippen LogP contribution in [0.2, 0.25) is 0 Å². The number of hydrogen-bond donors (Lipinski definition) is 1. The van der Waals surface area contributed by atoms with Crippen LogP contribution in [0, 0.1) is 17.8 Å². The zero-order valence-electron chi connectivity index (χ0n) is 7.64. The lowest BCUT2D eigenvalue weighted by Crippen LogP contribution is -2.27. The first kappa shape index (κ1) is 7.60. The second-order valence-electron chi connectivity index (χ2n) is 4.86. The first-order chi connectivity index (χ1) is 5.12. The third kappa shape index (κ3) is 1.44. The molecule has 2 fully saturated rings. The van der Waals surface area contributed by atoms with E-state index in [-0.39, 0.29) is 5.54 Å². The van der Waals surface area contributed by atoms with Gasteiger partial charge in [-0.1, -0.05) is 13.8 Å². The zero-order chi connectivity index (χ0) is 8.06. The van der Waals surface area contributed by atoms with E-state index < -0.39 is 0 Å². The molecule has 1 heteroatoms. The predicted octanol–water partition coefficient (Wildman–Crippen LogP) is 2.16. The maximum absolute atomic E-state index is 6.16. The van der Waals surface area contributed by atoms with Gasteiger partial charge in [0.15, 0.2) is 0 Å². The summed E-state index contributed by atoms with van der Waals surface area (Å²) in [4.78, 5) is 0. The van der Waals surface area contributed by atoms with Crippen molar-refractivity contribution in [1.29, 1.82) is 0 Å². The Balaban J connectivity index is 1.80. The Morgan fingerprint density at radius 1 is 1.55 bits per heavy atom. The van der Waals surface area contributed by atoms with Crippen LogP contribution in [0.1, 0.15) is 39.5 Å². The highest BCUT2D eigenvalue weighted by Gasteiger charge is 2.49. The lowest BCUT2D eigenvalue weighted by molar-refractivity contribution is 0.395. The maximum atomic E-state index is 6.16. The summed E-state index contributed by atoms with van der Waals surface area (Å²) in [5, 5.41) is 0. The highest BCUT2D eigenvalue weighted by atomic mass is 14.8. The van der Waals surface area contributed by atoms with Crippen molar-refractivity contribution >= 4 is 0 Å². The fourth-order valence-corrected chi connectivity index (χ4v) is 2.23. The predicted molar refractivity (Wildman–Crippen MR) is 47.2 cm³/mol. The molecule has 0 radical (unpaired) electrons. The van der Waals surface area contributed by atoms with E-state index in [0.29, 0.717) is 0 Å². The van der Waals surface area contributed by atoms with Crippen LogP contribution >= 0.6 is 0 Å². The molecule has 64 valence electrons. The summed E-state index contributed by atoms with van der Waals surface area (Å²) in [5.41, 5.74) is 6.41. The molecular weight excluding hydrogens is 134 g/mol. The minimum Gasteiger partial charge on any atom is -0.325 e. The second kappa shape index (κ2) is 2.22. The van der Waals surface area contributed by atoms with E-state index in [1.807, 2.05) is 0 Å². The molecule has 0 heterocycles.